The third kappa shape index (κ3) is 5.88. The van der Waals surface area contributed by atoms with Gasteiger partial charge in [-0.15, -0.1) is 22.9 Å². The van der Waals surface area contributed by atoms with Crippen LogP contribution in [0.15, 0.2) is 17.5 Å². The van der Waals surface area contributed by atoms with E-state index >= 15 is 0 Å². The largest absolute Gasteiger partial charge is 0.306 e. The molecular weight excluding hydrogens is 238 g/mol. The fourth-order valence-corrected chi connectivity index (χ4v) is 2.71. The van der Waals surface area contributed by atoms with Crippen molar-refractivity contribution in [1.82, 2.24) is 4.90 Å². The van der Waals surface area contributed by atoms with E-state index < -0.39 is 0 Å². The molecule has 1 nitrogen and oxygen atoms in total. The van der Waals surface area contributed by atoms with Crippen LogP contribution in [-0.2, 0) is 6.42 Å². The molecule has 92 valence electrons. The average molecular weight is 260 g/mol. The Morgan fingerprint density at radius 2 is 2.19 bits per heavy atom. The minimum atomic E-state index is 0.752. The minimum absolute atomic E-state index is 0.752. The van der Waals surface area contributed by atoms with Gasteiger partial charge in [-0.05, 0) is 50.2 Å². The van der Waals surface area contributed by atoms with Crippen molar-refractivity contribution in [2.45, 2.75) is 26.2 Å². The van der Waals surface area contributed by atoms with Gasteiger partial charge in [-0.25, -0.2) is 0 Å². The number of nitrogens with zero attached hydrogens (tertiary/aromatic N) is 1. The van der Waals surface area contributed by atoms with Gasteiger partial charge < -0.3 is 4.90 Å². The van der Waals surface area contributed by atoms with Crippen molar-refractivity contribution in [3.63, 3.8) is 0 Å². The molecule has 0 aliphatic heterocycles. The van der Waals surface area contributed by atoms with E-state index in [-0.39, 0.29) is 0 Å². The van der Waals surface area contributed by atoms with Crippen LogP contribution < -0.4 is 0 Å². The Morgan fingerprint density at radius 3 is 2.81 bits per heavy atom. The normalized spacial score (nSPS) is 13.2. The maximum Gasteiger partial charge on any atom is 0.0225 e. The van der Waals surface area contributed by atoms with Crippen molar-refractivity contribution in [3.05, 3.63) is 22.4 Å². The quantitative estimate of drug-likeness (QED) is 0.641. The second-order valence-electron chi connectivity index (χ2n) is 4.50. The molecule has 0 saturated heterocycles. The predicted octanol–water partition coefficient (Wildman–Crippen LogP) is 3.88. The Kier molecular flexibility index (Phi) is 7.10. The highest BCUT2D eigenvalue weighted by atomic mass is 35.5. The molecule has 1 aromatic rings. The summed E-state index contributed by atoms with van der Waals surface area (Å²) in [5.74, 6) is 1.54. The van der Waals surface area contributed by atoms with Crippen LogP contribution in [0.25, 0.3) is 0 Å². The summed E-state index contributed by atoms with van der Waals surface area (Å²) in [6.07, 6.45) is 3.58. The molecule has 0 fully saturated rings. The summed E-state index contributed by atoms with van der Waals surface area (Å²) in [4.78, 5) is 3.91. The van der Waals surface area contributed by atoms with Crippen LogP contribution in [0.5, 0.6) is 0 Å². The van der Waals surface area contributed by atoms with Crippen LogP contribution in [0.3, 0.4) is 0 Å². The van der Waals surface area contributed by atoms with Gasteiger partial charge in [0.15, 0.2) is 0 Å². The van der Waals surface area contributed by atoms with Crippen molar-refractivity contribution in [2.24, 2.45) is 5.92 Å². The van der Waals surface area contributed by atoms with E-state index in [1.54, 1.807) is 0 Å². The number of likely N-dealkylation sites (N-methyl/N-ethyl adjacent to an activating group) is 1. The SMILES string of the molecule is CC(CCCl)CCN(C)CCc1cccs1. The molecular formula is C13H22ClNS. The van der Waals surface area contributed by atoms with E-state index in [1.807, 2.05) is 11.3 Å². The second kappa shape index (κ2) is 8.10. The second-order valence-corrected chi connectivity index (χ2v) is 5.91. The van der Waals surface area contributed by atoms with Crippen LogP contribution in [-0.4, -0.2) is 30.9 Å². The molecule has 1 atom stereocenters. The molecule has 0 N–H and O–H groups in total. The molecule has 0 radical (unpaired) electrons. The molecule has 1 aromatic heterocycles. The molecule has 1 heterocycles. The van der Waals surface area contributed by atoms with E-state index in [0.717, 1.165) is 24.8 Å². The van der Waals surface area contributed by atoms with E-state index in [2.05, 4.69) is 36.4 Å². The first-order valence-electron chi connectivity index (χ1n) is 5.99. The number of rotatable bonds is 8. The van der Waals surface area contributed by atoms with Crippen molar-refractivity contribution < 1.29 is 0 Å². The Hall–Kier alpha value is -0.0500. The Balaban J connectivity index is 2.09. The summed E-state index contributed by atoms with van der Waals surface area (Å²) in [5.41, 5.74) is 0. The topological polar surface area (TPSA) is 3.24 Å². The van der Waals surface area contributed by atoms with E-state index in [0.29, 0.717) is 0 Å². The van der Waals surface area contributed by atoms with Gasteiger partial charge in [0.1, 0.15) is 0 Å². The first kappa shape index (κ1) is 14.0. The number of hydrogen-bond acceptors (Lipinski definition) is 2. The van der Waals surface area contributed by atoms with Crippen LogP contribution in [0.2, 0.25) is 0 Å². The highest BCUT2D eigenvalue weighted by Gasteiger charge is 2.04. The maximum atomic E-state index is 5.73. The van der Waals surface area contributed by atoms with Gasteiger partial charge >= 0.3 is 0 Å². The Labute approximate surface area is 108 Å². The third-order valence-electron chi connectivity index (χ3n) is 2.93. The first-order chi connectivity index (χ1) is 7.72. The fourth-order valence-electron chi connectivity index (χ4n) is 1.64. The minimum Gasteiger partial charge on any atom is -0.306 e. The zero-order valence-corrected chi connectivity index (χ0v) is 11.9. The molecule has 16 heavy (non-hydrogen) atoms. The van der Waals surface area contributed by atoms with E-state index in [9.17, 15) is 0 Å². The number of halogens is 1. The molecule has 1 rings (SSSR count). The zero-order valence-electron chi connectivity index (χ0n) is 10.3. The molecule has 0 saturated carbocycles. The van der Waals surface area contributed by atoms with Gasteiger partial charge in [-0.1, -0.05) is 13.0 Å². The zero-order chi connectivity index (χ0) is 11.8. The van der Waals surface area contributed by atoms with Crippen LogP contribution in [0.1, 0.15) is 24.6 Å². The van der Waals surface area contributed by atoms with E-state index in [4.69, 9.17) is 11.6 Å². The van der Waals surface area contributed by atoms with Gasteiger partial charge in [-0.2, -0.15) is 0 Å². The summed E-state index contributed by atoms with van der Waals surface area (Å²) in [6, 6.07) is 4.34. The molecule has 0 amide bonds. The van der Waals surface area contributed by atoms with Crippen molar-refractivity contribution >= 4 is 22.9 Å². The lowest BCUT2D eigenvalue weighted by Crippen LogP contribution is -2.23. The summed E-state index contributed by atoms with van der Waals surface area (Å²) in [7, 11) is 2.21. The van der Waals surface area contributed by atoms with E-state index in [1.165, 1.54) is 24.3 Å². The van der Waals surface area contributed by atoms with Crippen LogP contribution in [0, 0.1) is 5.92 Å². The first-order valence-corrected chi connectivity index (χ1v) is 7.40. The van der Waals surface area contributed by atoms with Gasteiger partial charge in [0.05, 0.1) is 0 Å². The molecule has 0 bridgehead atoms. The molecule has 3 heteroatoms. The lowest BCUT2D eigenvalue weighted by atomic mass is 10.1. The monoisotopic (exact) mass is 259 g/mol. The number of alkyl halides is 1. The van der Waals surface area contributed by atoms with Crippen molar-refractivity contribution in [1.29, 1.82) is 0 Å². The Morgan fingerprint density at radius 1 is 1.38 bits per heavy atom. The molecule has 0 aromatic carbocycles. The highest BCUT2D eigenvalue weighted by Crippen LogP contribution is 2.11. The maximum absolute atomic E-state index is 5.73. The Bertz CT molecular complexity index is 261. The number of hydrogen-bond donors (Lipinski definition) is 0. The van der Waals surface area contributed by atoms with Crippen LogP contribution in [0.4, 0.5) is 0 Å². The number of thiophene rings is 1. The van der Waals surface area contributed by atoms with Gasteiger partial charge in [0.25, 0.3) is 0 Å². The molecule has 1 unspecified atom stereocenters. The standard InChI is InChI=1S/C13H22ClNS/c1-12(5-8-14)6-9-15(2)10-7-13-4-3-11-16-13/h3-4,11-12H,5-10H2,1-2H3. The summed E-state index contributed by atoms with van der Waals surface area (Å²) in [5, 5.41) is 2.15. The van der Waals surface area contributed by atoms with Gasteiger partial charge in [0.2, 0.25) is 0 Å². The fraction of sp³-hybridized carbons (Fsp3) is 0.692. The van der Waals surface area contributed by atoms with Gasteiger partial charge in [-0.3, -0.25) is 0 Å². The molecule has 0 aliphatic carbocycles. The van der Waals surface area contributed by atoms with Crippen molar-refractivity contribution in [2.75, 3.05) is 26.0 Å². The lowest BCUT2D eigenvalue weighted by Gasteiger charge is -2.18. The smallest absolute Gasteiger partial charge is 0.0225 e. The van der Waals surface area contributed by atoms with Crippen LogP contribution >= 0.6 is 22.9 Å². The average Bonchev–Trinajstić information content (AvgIpc) is 2.77. The molecule has 0 spiro atoms. The van der Waals surface area contributed by atoms with Gasteiger partial charge in [0, 0.05) is 17.3 Å². The lowest BCUT2D eigenvalue weighted by molar-refractivity contribution is 0.307. The summed E-state index contributed by atoms with van der Waals surface area (Å²) >= 11 is 7.58. The third-order valence-corrected chi connectivity index (χ3v) is 4.08. The summed E-state index contributed by atoms with van der Waals surface area (Å²) < 4.78 is 0. The summed E-state index contributed by atoms with van der Waals surface area (Å²) in [6.45, 7) is 4.63. The highest BCUT2D eigenvalue weighted by molar-refractivity contribution is 7.09. The predicted molar refractivity (Wildman–Crippen MR) is 74.6 cm³/mol. The molecule has 0 aliphatic rings. The van der Waals surface area contributed by atoms with Crippen molar-refractivity contribution in [3.8, 4) is 0 Å².